The van der Waals surface area contributed by atoms with Crippen LogP contribution in [0, 0.1) is 0 Å². The van der Waals surface area contributed by atoms with Crippen LogP contribution in [-0.2, 0) is 9.53 Å². The van der Waals surface area contributed by atoms with Crippen LogP contribution < -0.4 is 5.32 Å². The predicted octanol–water partition coefficient (Wildman–Crippen LogP) is 1.89. The SMILES string of the molecule is CCCC1NC(CC)C(=O)N1CC1CCCCO1. The zero-order chi connectivity index (χ0) is 13.0. The molecule has 2 heterocycles. The van der Waals surface area contributed by atoms with E-state index in [1.54, 1.807) is 0 Å². The number of hydrogen-bond acceptors (Lipinski definition) is 3. The van der Waals surface area contributed by atoms with Crippen LogP contribution >= 0.6 is 0 Å². The summed E-state index contributed by atoms with van der Waals surface area (Å²) in [6.07, 6.45) is 6.98. The summed E-state index contributed by atoms with van der Waals surface area (Å²) in [5, 5.41) is 3.45. The Morgan fingerprint density at radius 2 is 2.22 bits per heavy atom. The molecule has 2 rings (SSSR count). The van der Waals surface area contributed by atoms with E-state index in [-0.39, 0.29) is 24.2 Å². The molecule has 18 heavy (non-hydrogen) atoms. The smallest absolute Gasteiger partial charge is 0.241 e. The average molecular weight is 254 g/mol. The zero-order valence-electron chi connectivity index (χ0n) is 11.7. The lowest BCUT2D eigenvalue weighted by atomic mass is 10.1. The molecule has 0 radical (unpaired) electrons. The van der Waals surface area contributed by atoms with Gasteiger partial charge in [-0.1, -0.05) is 20.3 Å². The molecule has 2 fully saturated rings. The van der Waals surface area contributed by atoms with Crippen LogP contribution in [0.1, 0.15) is 52.4 Å². The lowest BCUT2D eigenvalue weighted by molar-refractivity contribution is -0.132. The largest absolute Gasteiger partial charge is 0.376 e. The van der Waals surface area contributed by atoms with E-state index in [1.165, 1.54) is 12.8 Å². The van der Waals surface area contributed by atoms with Gasteiger partial charge in [-0.05, 0) is 32.1 Å². The van der Waals surface area contributed by atoms with E-state index in [2.05, 4.69) is 19.2 Å². The third-order valence-corrected chi connectivity index (χ3v) is 4.00. The van der Waals surface area contributed by atoms with Gasteiger partial charge in [0.25, 0.3) is 0 Å². The molecule has 0 bridgehead atoms. The molecular weight excluding hydrogens is 228 g/mol. The fraction of sp³-hybridized carbons (Fsp3) is 0.929. The van der Waals surface area contributed by atoms with Crippen LogP contribution in [0.3, 0.4) is 0 Å². The second-order valence-electron chi connectivity index (χ2n) is 5.41. The maximum absolute atomic E-state index is 12.3. The molecule has 3 unspecified atom stereocenters. The Kier molecular flexibility index (Phi) is 5.01. The van der Waals surface area contributed by atoms with Crippen molar-refractivity contribution in [1.29, 1.82) is 0 Å². The van der Waals surface area contributed by atoms with Crippen molar-refractivity contribution in [2.75, 3.05) is 13.2 Å². The molecule has 2 aliphatic heterocycles. The van der Waals surface area contributed by atoms with Crippen LogP contribution in [0.15, 0.2) is 0 Å². The maximum atomic E-state index is 12.3. The molecular formula is C14H26N2O2. The van der Waals surface area contributed by atoms with Crippen LogP contribution in [0.25, 0.3) is 0 Å². The average Bonchev–Trinajstić information content (AvgIpc) is 2.69. The highest BCUT2D eigenvalue weighted by Crippen LogP contribution is 2.21. The summed E-state index contributed by atoms with van der Waals surface area (Å²) >= 11 is 0. The third-order valence-electron chi connectivity index (χ3n) is 4.00. The van der Waals surface area contributed by atoms with Crippen molar-refractivity contribution in [3.63, 3.8) is 0 Å². The van der Waals surface area contributed by atoms with Gasteiger partial charge in [0.05, 0.1) is 18.3 Å². The van der Waals surface area contributed by atoms with Gasteiger partial charge in [-0.15, -0.1) is 0 Å². The summed E-state index contributed by atoms with van der Waals surface area (Å²) in [5.74, 6) is 0.269. The molecule has 2 saturated heterocycles. The number of amides is 1. The Bertz CT molecular complexity index is 277. The van der Waals surface area contributed by atoms with E-state index in [9.17, 15) is 4.79 Å². The molecule has 0 aromatic carbocycles. The quantitative estimate of drug-likeness (QED) is 0.814. The Balaban J connectivity index is 1.95. The molecule has 1 amide bonds. The lowest BCUT2D eigenvalue weighted by Crippen LogP contribution is -2.43. The standard InChI is InChI=1S/C14H26N2O2/c1-3-7-13-15-12(4-2)14(17)16(13)10-11-8-5-6-9-18-11/h11-13,15H,3-10H2,1-2H3. The highest BCUT2D eigenvalue weighted by Gasteiger charge is 2.38. The molecule has 0 aliphatic carbocycles. The van der Waals surface area contributed by atoms with Crippen molar-refractivity contribution < 1.29 is 9.53 Å². The minimum atomic E-state index is 0.0186. The van der Waals surface area contributed by atoms with Crippen molar-refractivity contribution >= 4 is 5.91 Å². The van der Waals surface area contributed by atoms with Gasteiger partial charge in [-0.3, -0.25) is 10.1 Å². The topological polar surface area (TPSA) is 41.6 Å². The monoisotopic (exact) mass is 254 g/mol. The molecule has 4 nitrogen and oxygen atoms in total. The van der Waals surface area contributed by atoms with Gasteiger partial charge in [-0.25, -0.2) is 0 Å². The summed E-state index contributed by atoms with van der Waals surface area (Å²) in [5.41, 5.74) is 0. The summed E-state index contributed by atoms with van der Waals surface area (Å²) in [7, 11) is 0. The van der Waals surface area contributed by atoms with Crippen LogP contribution in [0.5, 0.6) is 0 Å². The first kappa shape index (κ1) is 13.8. The van der Waals surface area contributed by atoms with Crippen molar-refractivity contribution in [2.24, 2.45) is 0 Å². The first-order chi connectivity index (χ1) is 8.76. The van der Waals surface area contributed by atoms with Crippen LogP contribution in [0.4, 0.5) is 0 Å². The van der Waals surface area contributed by atoms with E-state index in [4.69, 9.17) is 4.74 Å². The number of hydrogen-bond donors (Lipinski definition) is 1. The van der Waals surface area contributed by atoms with E-state index in [1.807, 2.05) is 4.90 Å². The fourth-order valence-electron chi connectivity index (χ4n) is 2.94. The van der Waals surface area contributed by atoms with E-state index < -0.39 is 0 Å². The maximum Gasteiger partial charge on any atom is 0.241 e. The van der Waals surface area contributed by atoms with Gasteiger partial charge >= 0.3 is 0 Å². The highest BCUT2D eigenvalue weighted by atomic mass is 16.5. The van der Waals surface area contributed by atoms with Crippen molar-refractivity contribution in [1.82, 2.24) is 10.2 Å². The zero-order valence-corrected chi connectivity index (χ0v) is 11.7. The van der Waals surface area contributed by atoms with E-state index >= 15 is 0 Å². The minimum absolute atomic E-state index is 0.0186. The summed E-state index contributed by atoms with van der Waals surface area (Å²) in [6, 6.07) is 0.0186. The van der Waals surface area contributed by atoms with Gasteiger partial charge in [-0.2, -0.15) is 0 Å². The third kappa shape index (κ3) is 3.04. The molecule has 0 saturated carbocycles. The molecule has 104 valence electrons. The first-order valence-corrected chi connectivity index (χ1v) is 7.44. The lowest BCUT2D eigenvalue weighted by Gasteiger charge is -2.30. The molecule has 3 atom stereocenters. The van der Waals surface area contributed by atoms with Crippen LogP contribution in [-0.4, -0.2) is 42.3 Å². The predicted molar refractivity (Wildman–Crippen MR) is 71.2 cm³/mol. The second-order valence-corrected chi connectivity index (χ2v) is 5.41. The van der Waals surface area contributed by atoms with Crippen LogP contribution in [0.2, 0.25) is 0 Å². The van der Waals surface area contributed by atoms with Gasteiger partial charge in [0.15, 0.2) is 0 Å². The molecule has 0 aromatic rings. The number of ether oxygens (including phenoxy) is 1. The Morgan fingerprint density at radius 3 is 2.83 bits per heavy atom. The molecule has 1 N–H and O–H groups in total. The minimum Gasteiger partial charge on any atom is -0.376 e. The number of nitrogens with zero attached hydrogens (tertiary/aromatic N) is 1. The first-order valence-electron chi connectivity index (χ1n) is 7.44. The second kappa shape index (κ2) is 6.53. The number of rotatable bonds is 5. The summed E-state index contributed by atoms with van der Waals surface area (Å²) < 4.78 is 5.76. The van der Waals surface area contributed by atoms with Gasteiger partial charge in [0.2, 0.25) is 5.91 Å². The Morgan fingerprint density at radius 1 is 1.39 bits per heavy atom. The van der Waals surface area contributed by atoms with Crippen molar-refractivity contribution in [2.45, 2.75) is 70.7 Å². The number of carbonyl (C=O) groups is 1. The Labute approximate surface area is 110 Å². The summed E-state index contributed by atoms with van der Waals surface area (Å²) in [4.78, 5) is 14.3. The number of carbonyl (C=O) groups excluding carboxylic acids is 1. The summed E-state index contributed by atoms with van der Waals surface area (Å²) in [6.45, 7) is 5.86. The molecule has 0 spiro atoms. The molecule has 4 heteroatoms. The highest BCUT2D eigenvalue weighted by molar-refractivity contribution is 5.84. The molecule has 0 aromatic heterocycles. The number of nitrogens with one attached hydrogen (secondary N) is 1. The Hall–Kier alpha value is -0.610. The normalized spacial score (nSPS) is 33.1. The molecule has 2 aliphatic rings. The van der Waals surface area contributed by atoms with Crippen molar-refractivity contribution in [3.05, 3.63) is 0 Å². The van der Waals surface area contributed by atoms with Gasteiger partial charge < -0.3 is 9.64 Å². The van der Waals surface area contributed by atoms with Gasteiger partial charge in [0, 0.05) is 13.2 Å². The van der Waals surface area contributed by atoms with Gasteiger partial charge in [0.1, 0.15) is 0 Å². The van der Waals surface area contributed by atoms with Crippen molar-refractivity contribution in [3.8, 4) is 0 Å². The van der Waals surface area contributed by atoms with E-state index in [0.717, 1.165) is 38.8 Å². The fourth-order valence-corrected chi connectivity index (χ4v) is 2.94. The van der Waals surface area contributed by atoms with E-state index in [0.29, 0.717) is 0 Å².